The van der Waals surface area contributed by atoms with Gasteiger partial charge in [-0.25, -0.2) is 4.79 Å². The molecule has 6 heteroatoms. The molecule has 0 saturated carbocycles. The number of nitrogens with one attached hydrogen (secondary N) is 2. The first-order valence-electron chi connectivity index (χ1n) is 8.89. The number of aromatic amines is 1. The van der Waals surface area contributed by atoms with E-state index in [-0.39, 0.29) is 18.0 Å². The molecule has 2 heterocycles. The number of aromatic carboxylic acids is 1. The summed E-state index contributed by atoms with van der Waals surface area (Å²) in [6, 6.07) is 18.8. The summed E-state index contributed by atoms with van der Waals surface area (Å²) in [6.45, 7) is 1.50. The van der Waals surface area contributed by atoms with Crippen LogP contribution in [-0.2, 0) is 13.0 Å². The number of aromatic nitrogens is 1. The van der Waals surface area contributed by atoms with E-state index < -0.39 is 5.97 Å². The molecular formula is C22H20ClN2O3-. The van der Waals surface area contributed by atoms with Crippen LogP contribution in [0.5, 0.6) is 0 Å². The molecule has 2 aromatic heterocycles. The Bertz CT molecular complexity index is 1070. The first kappa shape index (κ1) is 19.7. The number of furan rings is 1. The molecule has 28 heavy (non-hydrogen) atoms. The van der Waals surface area contributed by atoms with E-state index in [1.54, 1.807) is 24.3 Å². The van der Waals surface area contributed by atoms with Crippen LogP contribution in [0, 0.1) is 0 Å². The van der Waals surface area contributed by atoms with Crippen LogP contribution >= 0.6 is 0 Å². The van der Waals surface area contributed by atoms with Gasteiger partial charge in [0, 0.05) is 22.7 Å². The van der Waals surface area contributed by atoms with E-state index in [1.165, 1.54) is 10.9 Å². The summed E-state index contributed by atoms with van der Waals surface area (Å²) in [5.74, 6) is 0.660. The molecule has 0 aliphatic carbocycles. The van der Waals surface area contributed by atoms with E-state index in [0.29, 0.717) is 6.54 Å². The van der Waals surface area contributed by atoms with Crippen LogP contribution in [0.4, 0.5) is 0 Å². The van der Waals surface area contributed by atoms with Crippen LogP contribution in [0.2, 0.25) is 0 Å². The molecule has 5 nitrogen and oxygen atoms in total. The van der Waals surface area contributed by atoms with Gasteiger partial charge in [0.1, 0.15) is 11.5 Å². The normalized spacial score (nSPS) is 10.7. The second-order valence-corrected chi connectivity index (χ2v) is 6.43. The molecule has 0 aliphatic heterocycles. The average Bonchev–Trinajstić information content (AvgIpc) is 3.33. The van der Waals surface area contributed by atoms with Crippen LogP contribution < -0.4 is 17.7 Å². The Morgan fingerprint density at radius 1 is 1.04 bits per heavy atom. The minimum absolute atomic E-state index is 0. The van der Waals surface area contributed by atoms with Crippen LogP contribution in [0.25, 0.3) is 22.2 Å². The number of carbonyl (C=O) groups is 1. The quantitative estimate of drug-likeness (QED) is 0.414. The van der Waals surface area contributed by atoms with E-state index >= 15 is 0 Å². The number of carboxylic acids is 1. The van der Waals surface area contributed by atoms with Crippen molar-refractivity contribution in [2.75, 3.05) is 6.54 Å². The van der Waals surface area contributed by atoms with Crippen LogP contribution in [0.1, 0.15) is 21.7 Å². The standard InChI is InChI=1S/C22H20N2O3.ClH/c25-22(26)16-7-5-15(6-8-16)21-10-9-18(27-21)14-23-12-11-17-13-24-20-4-2-1-3-19(17)20;/h1-10,13,23-24H,11-12,14H2,(H,25,26);1H/p-1. The summed E-state index contributed by atoms with van der Waals surface area (Å²) in [4.78, 5) is 14.2. The number of H-pyrrole nitrogens is 1. The maximum Gasteiger partial charge on any atom is 0.335 e. The maximum atomic E-state index is 10.9. The number of rotatable bonds is 7. The molecule has 144 valence electrons. The number of hydrogen-bond donors (Lipinski definition) is 3. The Hall–Kier alpha value is -3.02. The van der Waals surface area contributed by atoms with Gasteiger partial charge in [-0.1, -0.05) is 30.3 Å². The summed E-state index contributed by atoms with van der Waals surface area (Å²) < 4.78 is 5.86. The highest BCUT2D eigenvalue weighted by Crippen LogP contribution is 2.23. The molecule has 3 N–H and O–H groups in total. The van der Waals surface area contributed by atoms with Crippen molar-refractivity contribution in [3.8, 4) is 11.3 Å². The molecule has 0 aliphatic rings. The molecule has 0 fully saturated rings. The summed E-state index contributed by atoms with van der Waals surface area (Å²) in [7, 11) is 0. The highest BCUT2D eigenvalue weighted by molar-refractivity contribution is 5.88. The average molecular weight is 396 g/mol. The summed E-state index contributed by atoms with van der Waals surface area (Å²) in [5.41, 5.74) is 3.60. The summed E-state index contributed by atoms with van der Waals surface area (Å²) >= 11 is 0. The van der Waals surface area contributed by atoms with E-state index in [0.717, 1.165) is 35.6 Å². The first-order valence-corrected chi connectivity index (χ1v) is 8.89. The van der Waals surface area contributed by atoms with Gasteiger partial charge in [0.05, 0.1) is 12.1 Å². The van der Waals surface area contributed by atoms with Gasteiger partial charge in [0.2, 0.25) is 0 Å². The van der Waals surface area contributed by atoms with Gasteiger partial charge in [-0.2, -0.15) is 0 Å². The lowest BCUT2D eigenvalue weighted by Gasteiger charge is -2.03. The van der Waals surface area contributed by atoms with Gasteiger partial charge in [0.15, 0.2) is 0 Å². The number of carboxylic acid groups (broad SMARTS) is 1. The van der Waals surface area contributed by atoms with Gasteiger partial charge in [0.25, 0.3) is 0 Å². The summed E-state index contributed by atoms with van der Waals surface area (Å²) in [5, 5.41) is 13.6. The molecule has 2 aromatic carbocycles. The first-order chi connectivity index (χ1) is 13.2. The van der Waals surface area contributed by atoms with Crippen molar-refractivity contribution in [3.63, 3.8) is 0 Å². The molecule has 4 aromatic rings. The number of para-hydroxylation sites is 1. The SMILES string of the molecule is O=C(O)c1ccc(-c2ccc(CNCCc3c[nH]c4ccccc34)o2)cc1.[Cl-]. The van der Waals surface area contributed by atoms with Crippen molar-refractivity contribution >= 4 is 16.9 Å². The van der Waals surface area contributed by atoms with Gasteiger partial charge in [-0.3, -0.25) is 0 Å². The zero-order valence-corrected chi connectivity index (χ0v) is 15.9. The van der Waals surface area contributed by atoms with E-state index in [4.69, 9.17) is 9.52 Å². The van der Waals surface area contributed by atoms with Gasteiger partial charge < -0.3 is 32.2 Å². The second kappa shape index (κ2) is 8.78. The Balaban J connectivity index is 0.00000225. The third-order valence-electron chi connectivity index (χ3n) is 4.62. The molecular weight excluding hydrogens is 376 g/mol. The lowest BCUT2D eigenvalue weighted by Crippen LogP contribution is -3.00. The lowest BCUT2D eigenvalue weighted by atomic mass is 10.1. The van der Waals surface area contributed by atoms with Crippen molar-refractivity contribution in [2.45, 2.75) is 13.0 Å². The number of fused-ring (bicyclic) bond motifs is 1. The molecule has 0 spiro atoms. The minimum Gasteiger partial charge on any atom is -1.00 e. The molecule has 0 radical (unpaired) electrons. The molecule has 0 bridgehead atoms. The fourth-order valence-corrected chi connectivity index (χ4v) is 3.18. The van der Waals surface area contributed by atoms with Gasteiger partial charge in [-0.15, -0.1) is 0 Å². The largest absolute Gasteiger partial charge is 1.00 e. The van der Waals surface area contributed by atoms with Crippen molar-refractivity contribution in [3.05, 3.63) is 83.7 Å². The Kier molecular flexibility index (Phi) is 6.19. The zero-order valence-electron chi connectivity index (χ0n) is 15.1. The minimum atomic E-state index is -0.930. The third kappa shape index (κ3) is 4.27. The molecule has 0 saturated heterocycles. The number of hydrogen-bond acceptors (Lipinski definition) is 3. The van der Waals surface area contributed by atoms with Crippen molar-refractivity contribution in [1.82, 2.24) is 10.3 Å². The van der Waals surface area contributed by atoms with E-state index in [9.17, 15) is 4.79 Å². The third-order valence-corrected chi connectivity index (χ3v) is 4.62. The lowest BCUT2D eigenvalue weighted by molar-refractivity contribution is -0.0000214. The van der Waals surface area contributed by atoms with Crippen molar-refractivity contribution in [2.24, 2.45) is 0 Å². The fraction of sp³-hybridized carbons (Fsp3) is 0.136. The predicted molar refractivity (Wildman–Crippen MR) is 105 cm³/mol. The number of benzene rings is 2. The second-order valence-electron chi connectivity index (χ2n) is 6.43. The van der Waals surface area contributed by atoms with Crippen LogP contribution in [-0.4, -0.2) is 22.6 Å². The highest BCUT2D eigenvalue weighted by atomic mass is 35.5. The van der Waals surface area contributed by atoms with Crippen molar-refractivity contribution in [1.29, 1.82) is 0 Å². The molecule has 0 atom stereocenters. The monoisotopic (exact) mass is 395 g/mol. The van der Waals surface area contributed by atoms with E-state index in [2.05, 4.69) is 34.7 Å². The highest BCUT2D eigenvalue weighted by Gasteiger charge is 2.07. The molecule has 4 rings (SSSR count). The molecule has 0 amide bonds. The van der Waals surface area contributed by atoms with Gasteiger partial charge >= 0.3 is 5.97 Å². The van der Waals surface area contributed by atoms with Crippen molar-refractivity contribution < 1.29 is 26.7 Å². The Morgan fingerprint density at radius 3 is 2.61 bits per heavy atom. The Labute approximate surface area is 168 Å². The Morgan fingerprint density at radius 2 is 1.82 bits per heavy atom. The van der Waals surface area contributed by atoms with E-state index in [1.807, 2.05) is 18.2 Å². The van der Waals surface area contributed by atoms with Crippen LogP contribution in [0.3, 0.4) is 0 Å². The molecule has 0 unspecified atom stereocenters. The predicted octanol–water partition coefficient (Wildman–Crippen LogP) is 1.46. The fourth-order valence-electron chi connectivity index (χ4n) is 3.18. The maximum absolute atomic E-state index is 10.9. The van der Waals surface area contributed by atoms with Crippen LogP contribution in [0.15, 0.2) is 71.3 Å². The smallest absolute Gasteiger partial charge is 0.335 e. The summed E-state index contributed by atoms with van der Waals surface area (Å²) in [6.07, 6.45) is 3.01. The number of halogens is 1. The zero-order chi connectivity index (χ0) is 18.6. The van der Waals surface area contributed by atoms with Gasteiger partial charge in [-0.05, 0) is 48.9 Å². The topological polar surface area (TPSA) is 78.3 Å².